The molecule has 33 heavy (non-hydrogen) atoms. The molecule has 0 saturated carbocycles. The standard InChI is InChI=1S/C23H25F2N3O5/c1-4-27-21(30)16-8-6-7-9-17(16)28(23(27)31)14-20(29)26(3)13-15-10-11-18(33-22(24)25)19(12-15)32-5-2/h6-12,22H,4-5,13-14H2,1-3H3. The average molecular weight is 461 g/mol. The minimum atomic E-state index is -2.99. The van der Waals surface area contributed by atoms with E-state index in [1.807, 2.05) is 0 Å². The molecule has 0 aliphatic heterocycles. The molecule has 0 atom stereocenters. The zero-order valence-electron chi connectivity index (χ0n) is 18.6. The molecule has 0 aliphatic carbocycles. The molecule has 1 heterocycles. The molecular formula is C23H25F2N3O5. The lowest BCUT2D eigenvalue weighted by atomic mass is 10.2. The van der Waals surface area contributed by atoms with E-state index < -0.39 is 17.9 Å². The summed E-state index contributed by atoms with van der Waals surface area (Å²) in [5.74, 6) is -0.313. The first-order chi connectivity index (χ1) is 15.8. The highest BCUT2D eigenvalue weighted by Crippen LogP contribution is 2.30. The normalized spacial score (nSPS) is 11.1. The van der Waals surface area contributed by atoms with Gasteiger partial charge in [-0.25, -0.2) is 4.79 Å². The van der Waals surface area contributed by atoms with Crippen LogP contribution >= 0.6 is 0 Å². The molecule has 176 valence electrons. The Hall–Kier alpha value is -3.69. The van der Waals surface area contributed by atoms with E-state index in [4.69, 9.17) is 4.74 Å². The van der Waals surface area contributed by atoms with Crippen LogP contribution in [-0.2, 0) is 24.4 Å². The highest BCUT2D eigenvalue weighted by atomic mass is 19.3. The molecule has 8 nitrogen and oxygen atoms in total. The van der Waals surface area contributed by atoms with Crippen LogP contribution in [0.15, 0.2) is 52.1 Å². The lowest BCUT2D eigenvalue weighted by Gasteiger charge is -2.20. The molecule has 10 heteroatoms. The molecule has 3 rings (SSSR count). The number of fused-ring (bicyclic) bond motifs is 1. The van der Waals surface area contributed by atoms with Gasteiger partial charge >= 0.3 is 12.3 Å². The van der Waals surface area contributed by atoms with Crippen LogP contribution in [0.25, 0.3) is 10.9 Å². The molecule has 0 aliphatic rings. The van der Waals surface area contributed by atoms with Crippen LogP contribution < -0.4 is 20.7 Å². The van der Waals surface area contributed by atoms with Crippen molar-refractivity contribution < 1.29 is 23.0 Å². The fourth-order valence-electron chi connectivity index (χ4n) is 3.53. The summed E-state index contributed by atoms with van der Waals surface area (Å²) >= 11 is 0. The van der Waals surface area contributed by atoms with E-state index in [-0.39, 0.29) is 43.6 Å². The number of ether oxygens (including phenoxy) is 2. The van der Waals surface area contributed by atoms with Crippen molar-refractivity contribution in [1.82, 2.24) is 14.0 Å². The number of halogens is 2. The molecule has 1 amide bonds. The number of hydrogen-bond donors (Lipinski definition) is 0. The summed E-state index contributed by atoms with van der Waals surface area (Å²) in [7, 11) is 1.56. The molecular weight excluding hydrogens is 436 g/mol. The lowest BCUT2D eigenvalue weighted by Crippen LogP contribution is -2.42. The second-order valence-corrected chi connectivity index (χ2v) is 7.28. The van der Waals surface area contributed by atoms with E-state index in [9.17, 15) is 23.2 Å². The van der Waals surface area contributed by atoms with Crippen molar-refractivity contribution in [2.45, 2.75) is 40.1 Å². The molecule has 0 N–H and O–H groups in total. The Morgan fingerprint density at radius 1 is 1.06 bits per heavy atom. The smallest absolute Gasteiger partial charge is 0.387 e. The molecule has 0 unspecified atom stereocenters. The molecule has 1 aromatic heterocycles. The second kappa shape index (κ2) is 10.3. The topological polar surface area (TPSA) is 82.8 Å². The SMILES string of the molecule is CCOc1cc(CN(C)C(=O)Cn2c(=O)n(CC)c(=O)c3ccccc32)ccc1OC(F)F. The molecule has 3 aromatic rings. The Balaban J connectivity index is 1.86. The van der Waals surface area contributed by atoms with Gasteiger partial charge in [-0.3, -0.25) is 18.7 Å². The van der Waals surface area contributed by atoms with Crippen LogP contribution in [0.1, 0.15) is 19.4 Å². The van der Waals surface area contributed by atoms with Crippen LogP contribution in [0.4, 0.5) is 8.78 Å². The van der Waals surface area contributed by atoms with E-state index in [1.165, 1.54) is 21.6 Å². The average Bonchev–Trinajstić information content (AvgIpc) is 2.78. The summed E-state index contributed by atoms with van der Waals surface area (Å²) in [6, 6.07) is 11.1. The van der Waals surface area contributed by atoms with Gasteiger partial charge in [0.2, 0.25) is 5.91 Å². The maximum absolute atomic E-state index is 12.9. The minimum Gasteiger partial charge on any atom is -0.490 e. The van der Waals surface area contributed by atoms with Crippen molar-refractivity contribution in [3.63, 3.8) is 0 Å². The number of amides is 1. The predicted octanol–water partition coefficient (Wildman–Crippen LogP) is 2.84. The van der Waals surface area contributed by atoms with Crippen LogP contribution in [0.5, 0.6) is 11.5 Å². The van der Waals surface area contributed by atoms with Gasteiger partial charge in [-0.1, -0.05) is 18.2 Å². The third kappa shape index (κ3) is 5.21. The van der Waals surface area contributed by atoms with Crippen molar-refractivity contribution in [2.24, 2.45) is 0 Å². The van der Waals surface area contributed by atoms with E-state index >= 15 is 0 Å². The first-order valence-electron chi connectivity index (χ1n) is 10.4. The quantitative estimate of drug-likeness (QED) is 0.490. The van der Waals surface area contributed by atoms with Gasteiger partial charge in [0.25, 0.3) is 5.56 Å². The third-order valence-electron chi connectivity index (χ3n) is 5.11. The molecule has 0 bridgehead atoms. The van der Waals surface area contributed by atoms with E-state index in [0.29, 0.717) is 16.5 Å². The molecule has 2 aromatic carbocycles. The van der Waals surface area contributed by atoms with Gasteiger partial charge in [0.1, 0.15) is 6.54 Å². The number of nitrogens with zero attached hydrogens (tertiary/aromatic N) is 3. The van der Waals surface area contributed by atoms with Crippen molar-refractivity contribution in [3.05, 3.63) is 68.9 Å². The fourth-order valence-corrected chi connectivity index (χ4v) is 3.53. The van der Waals surface area contributed by atoms with Gasteiger partial charge in [-0.2, -0.15) is 8.78 Å². The number of para-hydroxylation sites is 1. The summed E-state index contributed by atoms with van der Waals surface area (Å²) in [6.07, 6.45) is 0. The van der Waals surface area contributed by atoms with Crippen LogP contribution in [-0.4, -0.2) is 40.2 Å². The van der Waals surface area contributed by atoms with Crippen LogP contribution in [0, 0.1) is 0 Å². The number of alkyl halides is 2. The molecule has 0 spiro atoms. The maximum Gasteiger partial charge on any atom is 0.387 e. The summed E-state index contributed by atoms with van der Waals surface area (Å²) in [4.78, 5) is 39.8. The van der Waals surface area contributed by atoms with Gasteiger partial charge in [0.05, 0.1) is 17.5 Å². The zero-order chi connectivity index (χ0) is 24.1. The molecule has 0 fully saturated rings. The Kier molecular flexibility index (Phi) is 7.47. The summed E-state index contributed by atoms with van der Waals surface area (Å²) in [5.41, 5.74) is 0.0533. The van der Waals surface area contributed by atoms with Crippen molar-refractivity contribution in [2.75, 3.05) is 13.7 Å². The fraction of sp³-hybridized carbons (Fsp3) is 0.348. The van der Waals surface area contributed by atoms with Gasteiger partial charge in [0, 0.05) is 20.1 Å². The van der Waals surface area contributed by atoms with Gasteiger partial charge in [-0.15, -0.1) is 0 Å². The Morgan fingerprint density at radius 3 is 2.45 bits per heavy atom. The number of benzene rings is 2. The van der Waals surface area contributed by atoms with E-state index in [2.05, 4.69) is 4.74 Å². The predicted molar refractivity (Wildman–Crippen MR) is 119 cm³/mol. The molecule has 0 saturated heterocycles. The van der Waals surface area contributed by atoms with E-state index in [1.54, 1.807) is 51.2 Å². The Morgan fingerprint density at radius 2 is 1.79 bits per heavy atom. The largest absolute Gasteiger partial charge is 0.490 e. The monoisotopic (exact) mass is 461 g/mol. The van der Waals surface area contributed by atoms with Gasteiger partial charge in [-0.05, 0) is 43.7 Å². The van der Waals surface area contributed by atoms with Crippen LogP contribution in [0.3, 0.4) is 0 Å². The first-order valence-corrected chi connectivity index (χ1v) is 10.4. The summed E-state index contributed by atoms with van der Waals surface area (Å²) in [6.45, 7) is 0.730. The zero-order valence-corrected chi connectivity index (χ0v) is 18.6. The summed E-state index contributed by atoms with van der Waals surface area (Å²) < 4.78 is 37.4. The highest BCUT2D eigenvalue weighted by molar-refractivity contribution is 5.81. The Labute approximate surface area is 188 Å². The number of carbonyl (C=O) groups excluding carboxylic acids is 1. The van der Waals surface area contributed by atoms with Gasteiger partial charge in [0.15, 0.2) is 11.5 Å². The van der Waals surface area contributed by atoms with Crippen LogP contribution in [0.2, 0.25) is 0 Å². The first kappa shape index (κ1) is 24.0. The molecule has 0 radical (unpaired) electrons. The van der Waals surface area contributed by atoms with Gasteiger partial charge < -0.3 is 14.4 Å². The number of likely N-dealkylation sites (N-methyl/N-ethyl adjacent to an activating group) is 1. The van der Waals surface area contributed by atoms with Crippen molar-refractivity contribution >= 4 is 16.8 Å². The number of carbonyl (C=O) groups is 1. The number of hydrogen-bond acceptors (Lipinski definition) is 5. The maximum atomic E-state index is 12.9. The second-order valence-electron chi connectivity index (χ2n) is 7.28. The van der Waals surface area contributed by atoms with Crippen molar-refractivity contribution in [1.29, 1.82) is 0 Å². The third-order valence-corrected chi connectivity index (χ3v) is 5.11. The lowest BCUT2D eigenvalue weighted by molar-refractivity contribution is -0.131. The highest BCUT2D eigenvalue weighted by Gasteiger charge is 2.18. The van der Waals surface area contributed by atoms with E-state index in [0.717, 1.165) is 4.57 Å². The minimum absolute atomic E-state index is 0.0931. The summed E-state index contributed by atoms with van der Waals surface area (Å²) in [5, 5.41) is 0.352. The Bertz CT molecular complexity index is 1270. The number of aromatic nitrogens is 2. The number of rotatable bonds is 9. The van der Waals surface area contributed by atoms with Crippen molar-refractivity contribution in [3.8, 4) is 11.5 Å².